The topological polar surface area (TPSA) is 49.6 Å². The van der Waals surface area contributed by atoms with Crippen LogP contribution < -0.4 is 5.32 Å². The third-order valence-corrected chi connectivity index (χ3v) is 4.46. The average Bonchev–Trinajstić information content (AvgIpc) is 3.06. The fraction of sp³-hybridized carbons (Fsp3) is 0.267. The predicted molar refractivity (Wildman–Crippen MR) is 85.9 cm³/mol. The Morgan fingerprint density at radius 1 is 1.24 bits per heavy atom. The van der Waals surface area contributed by atoms with Gasteiger partial charge < -0.3 is 10.4 Å². The quantitative estimate of drug-likeness (QED) is 0.686. The Bertz CT molecular complexity index is 720. The second-order valence-corrected chi connectivity index (χ2v) is 6.04. The van der Waals surface area contributed by atoms with E-state index in [0.717, 1.165) is 29.2 Å². The van der Waals surface area contributed by atoms with Crippen molar-refractivity contribution >= 4 is 27.9 Å². The van der Waals surface area contributed by atoms with Gasteiger partial charge in [-0.15, -0.1) is 11.3 Å². The smallest absolute Gasteiger partial charge is 0.195 e. The zero-order valence-electron chi connectivity index (χ0n) is 11.4. The van der Waals surface area contributed by atoms with Gasteiger partial charge in [0.25, 0.3) is 0 Å². The van der Waals surface area contributed by atoms with E-state index in [1.807, 2.05) is 28.1 Å². The molecule has 3 aromatic rings. The highest BCUT2D eigenvalue weighted by atomic mass is 35.5. The van der Waals surface area contributed by atoms with Crippen LogP contribution in [0.3, 0.4) is 0 Å². The molecule has 0 amide bonds. The number of imidazole rings is 1. The highest BCUT2D eigenvalue weighted by molar-refractivity contribution is 7.15. The first-order valence-electron chi connectivity index (χ1n) is 6.77. The maximum atomic E-state index is 9.01. The maximum absolute atomic E-state index is 9.01. The fourth-order valence-corrected chi connectivity index (χ4v) is 3.24. The minimum absolute atomic E-state index is 0.0921. The summed E-state index contributed by atoms with van der Waals surface area (Å²) < 4.78 is 2.02. The normalized spacial score (nSPS) is 11.3. The number of aromatic nitrogens is 2. The predicted octanol–water partition coefficient (Wildman–Crippen LogP) is 2.87. The van der Waals surface area contributed by atoms with Gasteiger partial charge in [0.05, 0.1) is 12.3 Å². The highest BCUT2D eigenvalue weighted by Crippen LogP contribution is 2.20. The van der Waals surface area contributed by atoms with Crippen molar-refractivity contribution in [2.24, 2.45) is 0 Å². The Hall–Kier alpha value is -1.40. The van der Waals surface area contributed by atoms with Crippen molar-refractivity contribution in [2.45, 2.75) is 19.6 Å². The number of aliphatic hydroxyl groups is 1. The summed E-state index contributed by atoms with van der Waals surface area (Å²) in [6, 6.07) is 8.02. The van der Waals surface area contributed by atoms with Crippen molar-refractivity contribution in [3.63, 3.8) is 0 Å². The Morgan fingerprint density at radius 2 is 2.00 bits per heavy atom. The summed E-state index contributed by atoms with van der Waals surface area (Å²) >= 11 is 7.73. The van der Waals surface area contributed by atoms with Crippen LogP contribution in [0.25, 0.3) is 4.96 Å². The Labute approximate surface area is 132 Å². The van der Waals surface area contributed by atoms with Crippen LogP contribution in [0.4, 0.5) is 0 Å². The summed E-state index contributed by atoms with van der Waals surface area (Å²) in [7, 11) is 0. The molecule has 0 aliphatic rings. The van der Waals surface area contributed by atoms with Gasteiger partial charge in [-0.1, -0.05) is 35.9 Å². The van der Waals surface area contributed by atoms with Crippen molar-refractivity contribution < 1.29 is 5.11 Å². The number of fused-ring (bicyclic) bond motifs is 1. The molecule has 2 heterocycles. The summed E-state index contributed by atoms with van der Waals surface area (Å²) in [6.07, 6.45) is 2.93. The van der Waals surface area contributed by atoms with Crippen LogP contribution >= 0.6 is 22.9 Å². The summed E-state index contributed by atoms with van der Waals surface area (Å²) in [5.41, 5.74) is 3.20. The summed E-state index contributed by atoms with van der Waals surface area (Å²) in [6.45, 7) is 1.66. The van der Waals surface area contributed by atoms with Crippen molar-refractivity contribution in [1.29, 1.82) is 0 Å². The van der Waals surface area contributed by atoms with Gasteiger partial charge in [0.2, 0.25) is 0 Å². The van der Waals surface area contributed by atoms with E-state index >= 15 is 0 Å². The van der Waals surface area contributed by atoms with Gasteiger partial charge in [-0.25, -0.2) is 4.98 Å². The highest BCUT2D eigenvalue weighted by Gasteiger charge is 2.10. The van der Waals surface area contributed by atoms with Crippen LogP contribution in [0.2, 0.25) is 5.15 Å². The minimum Gasteiger partial charge on any atom is -0.392 e. The molecule has 2 N–H and O–H groups in total. The molecule has 0 unspecified atom stereocenters. The number of nitrogens with zero attached hydrogens (tertiary/aromatic N) is 2. The Kier molecular flexibility index (Phi) is 4.55. The van der Waals surface area contributed by atoms with E-state index in [0.29, 0.717) is 11.7 Å². The van der Waals surface area contributed by atoms with Gasteiger partial charge in [0, 0.05) is 18.1 Å². The van der Waals surface area contributed by atoms with E-state index < -0.39 is 0 Å². The van der Waals surface area contributed by atoms with E-state index in [4.69, 9.17) is 16.7 Å². The molecule has 0 aliphatic carbocycles. The van der Waals surface area contributed by atoms with Crippen molar-refractivity contribution in [3.8, 4) is 0 Å². The van der Waals surface area contributed by atoms with Gasteiger partial charge in [0.1, 0.15) is 0 Å². The minimum atomic E-state index is 0.0921. The van der Waals surface area contributed by atoms with Crippen LogP contribution in [-0.2, 0) is 19.6 Å². The Morgan fingerprint density at radius 3 is 2.76 bits per heavy atom. The molecular weight excluding hydrogens is 306 g/mol. The van der Waals surface area contributed by atoms with Gasteiger partial charge in [-0.2, -0.15) is 0 Å². The van der Waals surface area contributed by atoms with Crippen molar-refractivity contribution in [2.75, 3.05) is 6.54 Å². The van der Waals surface area contributed by atoms with Gasteiger partial charge >= 0.3 is 0 Å². The van der Waals surface area contributed by atoms with Crippen molar-refractivity contribution in [3.05, 3.63) is 57.8 Å². The molecule has 6 heteroatoms. The second-order valence-electron chi connectivity index (χ2n) is 4.81. The van der Waals surface area contributed by atoms with Crippen LogP contribution in [0.1, 0.15) is 16.8 Å². The third-order valence-electron chi connectivity index (χ3n) is 3.40. The lowest BCUT2D eigenvalue weighted by atomic mass is 10.1. The van der Waals surface area contributed by atoms with E-state index in [2.05, 4.69) is 22.4 Å². The van der Waals surface area contributed by atoms with E-state index in [1.165, 1.54) is 5.56 Å². The summed E-state index contributed by atoms with van der Waals surface area (Å²) in [5, 5.41) is 15.0. The molecule has 1 aromatic carbocycles. The van der Waals surface area contributed by atoms with Gasteiger partial charge in [0.15, 0.2) is 10.1 Å². The molecular formula is C15H16ClN3OS. The number of hydrogen-bond acceptors (Lipinski definition) is 4. The molecule has 0 saturated carbocycles. The van der Waals surface area contributed by atoms with Gasteiger partial charge in [-0.3, -0.25) is 4.40 Å². The lowest BCUT2D eigenvalue weighted by molar-refractivity contribution is 0.282. The number of halogens is 1. The third kappa shape index (κ3) is 3.27. The van der Waals surface area contributed by atoms with E-state index in [9.17, 15) is 0 Å². The number of hydrogen-bond donors (Lipinski definition) is 2. The van der Waals surface area contributed by atoms with Crippen LogP contribution in [0, 0.1) is 0 Å². The first-order valence-corrected chi connectivity index (χ1v) is 8.03. The summed E-state index contributed by atoms with van der Waals surface area (Å²) in [4.78, 5) is 5.24. The lowest BCUT2D eigenvalue weighted by Crippen LogP contribution is -2.17. The molecule has 0 fully saturated rings. The zero-order chi connectivity index (χ0) is 14.7. The molecule has 3 rings (SSSR count). The molecule has 0 bridgehead atoms. The zero-order valence-corrected chi connectivity index (χ0v) is 13.0. The first-order chi connectivity index (χ1) is 10.3. The Balaban J connectivity index is 1.54. The fourth-order valence-electron chi connectivity index (χ4n) is 2.22. The molecule has 0 saturated heterocycles. The number of benzene rings is 1. The molecule has 4 nitrogen and oxygen atoms in total. The second kappa shape index (κ2) is 6.58. The monoisotopic (exact) mass is 321 g/mol. The summed E-state index contributed by atoms with van der Waals surface area (Å²) in [5.74, 6) is 0. The molecule has 0 aliphatic heterocycles. The van der Waals surface area contributed by atoms with E-state index in [1.54, 1.807) is 11.3 Å². The molecule has 2 aromatic heterocycles. The number of thiazole rings is 1. The molecule has 0 radical (unpaired) electrons. The largest absolute Gasteiger partial charge is 0.392 e. The number of nitrogens with one attached hydrogen (secondary N) is 1. The van der Waals surface area contributed by atoms with Crippen LogP contribution in [0.5, 0.6) is 0 Å². The molecule has 0 spiro atoms. The molecule has 21 heavy (non-hydrogen) atoms. The standard InChI is InChI=1S/C15H16ClN3OS/c16-14-13(19-7-8-21-15(19)18-14)9-17-6-5-11-1-3-12(10-20)4-2-11/h1-4,7-8,17,20H,5-6,9-10H2. The number of rotatable bonds is 6. The van der Waals surface area contributed by atoms with Crippen LogP contribution in [-0.4, -0.2) is 21.0 Å². The molecule has 0 atom stereocenters. The maximum Gasteiger partial charge on any atom is 0.195 e. The number of aliphatic hydroxyl groups excluding tert-OH is 1. The molecule has 110 valence electrons. The lowest BCUT2D eigenvalue weighted by Gasteiger charge is -2.05. The van der Waals surface area contributed by atoms with E-state index in [-0.39, 0.29) is 6.61 Å². The first kappa shape index (κ1) is 14.5. The SMILES string of the molecule is OCc1ccc(CCNCc2c(Cl)nc3sccn23)cc1. The van der Waals surface area contributed by atoms with Crippen molar-refractivity contribution in [1.82, 2.24) is 14.7 Å². The van der Waals surface area contributed by atoms with Gasteiger partial charge in [-0.05, 0) is 24.1 Å². The van der Waals surface area contributed by atoms with Crippen LogP contribution in [0.15, 0.2) is 35.8 Å². The average molecular weight is 322 g/mol.